The van der Waals surface area contributed by atoms with Crippen LogP contribution in [0.5, 0.6) is 0 Å². The SMILES string of the molecule is Cc1cc(-c2ncnc3[nH]c4cc(N5CCN(C6CC(c7ccc(N8CCC(=O)NC8=O)cc7)C6)CC5)ccc4c23)ccc1C(C)NC(=O)c1nc(C2(C)CC2)no1. The molecule has 1 unspecified atom stereocenters. The Bertz CT molecular complexity index is 2580. The number of hydrogen-bond donors (Lipinski definition) is 3. The maximum Gasteiger partial charge on any atom is 0.328 e. The Hall–Kier alpha value is -6.15. The van der Waals surface area contributed by atoms with Crippen molar-refractivity contribution in [2.75, 3.05) is 42.5 Å². The summed E-state index contributed by atoms with van der Waals surface area (Å²) >= 11 is 0. The van der Waals surface area contributed by atoms with E-state index in [4.69, 9.17) is 9.51 Å². The Balaban J connectivity index is 0.775. The normalized spacial score (nSPS) is 21.2. The van der Waals surface area contributed by atoms with E-state index in [1.807, 2.05) is 32.0 Å². The molecule has 1 atom stereocenters. The van der Waals surface area contributed by atoms with Gasteiger partial charge in [0.1, 0.15) is 12.0 Å². The lowest BCUT2D eigenvalue weighted by atomic mass is 9.75. The van der Waals surface area contributed by atoms with Gasteiger partial charge in [0.25, 0.3) is 0 Å². The van der Waals surface area contributed by atoms with Gasteiger partial charge in [-0.15, -0.1) is 0 Å². The number of piperazine rings is 1. The van der Waals surface area contributed by atoms with Gasteiger partial charge in [0.05, 0.1) is 17.1 Å². The van der Waals surface area contributed by atoms with E-state index in [0.717, 1.165) is 102 Å². The van der Waals surface area contributed by atoms with Crippen LogP contribution < -0.4 is 20.4 Å². The number of H-pyrrole nitrogens is 1. The highest BCUT2D eigenvalue weighted by molar-refractivity contribution is 6.12. The predicted octanol–water partition coefficient (Wildman–Crippen LogP) is 6.53. The molecule has 296 valence electrons. The summed E-state index contributed by atoms with van der Waals surface area (Å²) in [6.45, 7) is 10.5. The van der Waals surface area contributed by atoms with Crippen molar-refractivity contribution in [3.8, 4) is 11.3 Å². The minimum atomic E-state index is -0.378. The van der Waals surface area contributed by atoms with Crippen LogP contribution in [0.1, 0.15) is 91.1 Å². The highest BCUT2D eigenvalue weighted by Crippen LogP contribution is 2.46. The second-order valence-corrected chi connectivity index (χ2v) is 16.7. The molecule has 10 rings (SSSR count). The molecule has 3 N–H and O–H groups in total. The van der Waals surface area contributed by atoms with Crippen LogP contribution in [0.3, 0.4) is 0 Å². The van der Waals surface area contributed by atoms with E-state index in [2.05, 4.69) is 89.9 Å². The van der Waals surface area contributed by atoms with Crippen LogP contribution in [0.2, 0.25) is 0 Å². The molecule has 2 saturated heterocycles. The molecular weight excluding hydrogens is 733 g/mol. The Morgan fingerprint density at radius 1 is 0.948 bits per heavy atom. The summed E-state index contributed by atoms with van der Waals surface area (Å²) in [6, 6.07) is 21.1. The number of fused-ring (bicyclic) bond motifs is 3. The summed E-state index contributed by atoms with van der Waals surface area (Å²) in [5, 5.41) is 11.5. The zero-order valence-corrected chi connectivity index (χ0v) is 32.9. The van der Waals surface area contributed by atoms with Crippen molar-refractivity contribution in [1.29, 1.82) is 0 Å². The second kappa shape index (κ2) is 14.0. The Morgan fingerprint density at radius 3 is 2.47 bits per heavy atom. The number of imide groups is 1. The highest BCUT2D eigenvalue weighted by atomic mass is 16.5. The molecule has 14 nitrogen and oxygen atoms in total. The zero-order valence-electron chi connectivity index (χ0n) is 32.9. The van der Waals surface area contributed by atoms with Crippen molar-refractivity contribution in [3.63, 3.8) is 0 Å². The van der Waals surface area contributed by atoms with Gasteiger partial charge < -0.3 is 19.7 Å². The molecule has 0 bridgehead atoms. The monoisotopic (exact) mass is 778 g/mol. The van der Waals surface area contributed by atoms with Crippen molar-refractivity contribution in [2.45, 2.75) is 76.3 Å². The number of carbonyl (C=O) groups is 3. The molecule has 2 aliphatic carbocycles. The quantitative estimate of drug-likeness (QED) is 0.147. The van der Waals surface area contributed by atoms with Crippen molar-refractivity contribution >= 4 is 51.2 Å². The van der Waals surface area contributed by atoms with Gasteiger partial charge in [-0.2, -0.15) is 4.98 Å². The summed E-state index contributed by atoms with van der Waals surface area (Å²) < 4.78 is 5.29. The first-order valence-electron chi connectivity index (χ1n) is 20.3. The fourth-order valence-electron chi connectivity index (χ4n) is 8.99. The lowest BCUT2D eigenvalue weighted by molar-refractivity contribution is -0.120. The lowest BCUT2D eigenvalue weighted by Crippen LogP contribution is -2.53. The third kappa shape index (κ3) is 6.54. The number of rotatable bonds is 9. The first-order chi connectivity index (χ1) is 28.1. The van der Waals surface area contributed by atoms with Crippen LogP contribution in [0, 0.1) is 6.92 Å². The smallest absolute Gasteiger partial charge is 0.328 e. The van der Waals surface area contributed by atoms with E-state index in [1.54, 1.807) is 11.2 Å². The average Bonchev–Trinajstić information content (AvgIpc) is 3.58. The van der Waals surface area contributed by atoms with E-state index < -0.39 is 0 Å². The van der Waals surface area contributed by atoms with Gasteiger partial charge in [0.15, 0.2) is 5.82 Å². The Labute approximate surface area is 335 Å². The molecule has 4 amide bonds. The number of nitrogens with one attached hydrogen (secondary N) is 3. The highest BCUT2D eigenvalue weighted by Gasteiger charge is 2.44. The molecule has 2 aliphatic heterocycles. The van der Waals surface area contributed by atoms with Crippen LogP contribution in [0.25, 0.3) is 33.2 Å². The number of amides is 4. The summed E-state index contributed by atoms with van der Waals surface area (Å²) in [4.78, 5) is 60.8. The fraction of sp³-hybridized carbons (Fsp3) is 0.386. The molecule has 0 spiro atoms. The molecule has 3 aromatic carbocycles. The van der Waals surface area contributed by atoms with E-state index in [1.165, 1.54) is 11.3 Å². The first-order valence-corrected chi connectivity index (χ1v) is 20.3. The fourth-order valence-corrected chi connectivity index (χ4v) is 8.99. The number of nitrogens with zero attached hydrogens (tertiary/aromatic N) is 7. The van der Waals surface area contributed by atoms with Gasteiger partial charge in [-0.05, 0) is 92.5 Å². The first kappa shape index (κ1) is 36.2. The molecule has 4 fully saturated rings. The van der Waals surface area contributed by atoms with Crippen molar-refractivity contribution < 1.29 is 18.9 Å². The molecule has 2 saturated carbocycles. The molecule has 5 heterocycles. The number of urea groups is 1. The molecular formula is C44H46N10O4. The number of benzene rings is 3. The van der Waals surface area contributed by atoms with Crippen LogP contribution >= 0.6 is 0 Å². The summed E-state index contributed by atoms with van der Waals surface area (Å²) in [5.74, 6) is 0.523. The van der Waals surface area contributed by atoms with Gasteiger partial charge >= 0.3 is 17.8 Å². The van der Waals surface area contributed by atoms with Crippen LogP contribution in [0.4, 0.5) is 16.2 Å². The Morgan fingerprint density at radius 2 is 1.72 bits per heavy atom. The Kier molecular flexibility index (Phi) is 8.77. The zero-order chi connectivity index (χ0) is 39.7. The number of aromatic nitrogens is 5. The van der Waals surface area contributed by atoms with Crippen LogP contribution in [0.15, 0.2) is 71.5 Å². The molecule has 58 heavy (non-hydrogen) atoms. The molecule has 4 aliphatic rings. The summed E-state index contributed by atoms with van der Waals surface area (Å²) in [7, 11) is 0. The number of carbonyl (C=O) groups excluding carboxylic acids is 3. The van der Waals surface area contributed by atoms with Crippen molar-refractivity contribution in [2.24, 2.45) is 0 Å². The van der Waals surface area contributed by atoms with E-state index in [9.17, 15) is 14.4 Å². The van der Waals surface area contributed by atoms with Gasteiger partial charge in [-0.3, -0.25) is 24.7 Å². The predicted molar refractivity (Wildman–Crippen MR) is 220 cm³/mol. The van der Waals surface area contributed by atoms with E-state index >= 15 is 0 Å². The minimum Gasteiger partial charge on any atom is -0.369 e. The second-order valence-electron chi connectivity index (χ2n) is 16.7. The van der Waals surface area contributed by atoms with Crippen LogP contribution in [-0.2, 0) is 10.2 Å². The minimum absolute atomic E-state index is 0.00566. The average molecular weight is 779 g/mol. The standard InChI is InChI=1S/C44H46N10O4/c1-25-20-28(6-10-33(25)26(2)47-40(56)41-50-42(51-58-41)44(3)13-14-44)38-37-34-11-9-31(23-35(34)48-39(37)46-24-45-38)52-16-18-53(19-17-52)32-21-29(22-32)27-4-7-30(8-5-27)54-15-12-36(55)49-43(54)57/h4-11,20,23-24,26,29,32H,12-19,21-22H2,1-3H3,(H,47,56)(H,45,46,48)(H,49,55,57). The topological polar surface area (TPSA) is 165 Å². The molecule has 14 heteroatoms. The maximum atomic E-state index is 13.0. The van der Waals surface area contributed by atoms with Gasteiger partial charge in [0.2, 0.25) is 5.91 Å². The van der Waals surface area contributed by atoms with E-state index in [-0.39, 0.29) is 35.2 Å². The third-order valence-electron chi connectivity index (χ3n) is 12.9. The third-order valence-corrected chi connectivity index (χ3v) is 12.9. The number of aryl methyl sites for hydroxylation is 1. The van der Waals surface area contributed by atoms with Gasteiger partial charge in [-0.25, -0.2) is 14.8 Å². The number of aromatic amines is 1. The maximum absolute atomic E-state index is 13.0. The van der Waals surface area contributed by atoms with E-state index in [0.29, 0.717) is 30.7 Å². The molecule has 3 aromatic heterocycles. The van der Waals surface area contributed by atoms with Gasteiger partial charge in [-0.1, -0.05) is 42.4 Å². The van der Waals surface area contributed by atoms with Crippen molar-refractivity contribution in [1.82, 2.24) is 40.6 Å². The number of anilines is 2. The summed E-state index contributed by atoms with van der Waals surface area (Å²) in [5.41, 5.74) is 8.96. The number of hydrogen-bond acceptors (Lipinski definition) is 10. The lowest BCUT2D eigenvalue weighted by Gasteiger charge is -2.47. The van der Waals surface area contributed by atoms with Crippen LogP contribution in [-0.4, -0.2) is 86.6 Å². The van der Waals surface area contributed by atoms with Crippen molar-refractivity contribution in [3.05, 3.63) is 95.4 Å². The molecule has 6 aromatic rings. The summed E-state index contributed by atoms with van der Waals surface area (Å²) in [6.07, 6.45) is 6.23. The molecule has 0 radical (unpaired) electrons. The van der Waals surface area contributed by atoms with Gasteiger partial charge in [0, 0.05) is 78.4 Å². The largest absolute Gasteiger partial charge is 0.369 e.